The van der Waals surface area contributed by atoms with Crippen molar-refractivity contribution in [2.75, 3.05) is 23.9 Å². The van der Waals surface area contributed by atoms with Gasteiger partial charge in [-0.05, 0) is 66.1 Å². The number of carbonyl (C=O) groups excluding carboxylic acids is 2. The van der Waals surface area contributed by atoms with Crippen molar-refractivity contribution in [3.05, 3.63) is 135 Å². The van der Waals surface area contributed by atoms with E-state index in [1.807, 2.05) is 92.6 Å². The normalized spacial score (nSPS) is 15.7. The van der Waals surface area contributed by atoms with E-state index in [1.54, 1.807) is 24.3 Å². The van der Waals surface area contributed by atoms with E-state index in [0.29, 0.717) is 38.6 Å². The molecule has 0 aliphatic carbocycles. The summed E-state index contributed by atoms with van der Waals surface area (Å²) in [6.07, 6.45) is 0. The third-order valence-electron chi connectivity index (χ3n) is 7.70. The third-order valence-corrected chi connectivity index (χ3v) is 10.2. The van der Waals surface area contributed by atoms with Gasteiger partial charge in [-0.25, -0.2) is 0 Å². The van der Waals surface area contributed by atoms with Crippen molar-refractivity contribution in [3.63, 3.8) is 0 Å². The molecule has 4 aromatic carbocycles. The van der Waals surface area contributed by atoms with Crippen LogP contribution in [0.3, 0.4) is 0 Å². The molecule has 1 saturated heterocycles. The Bertz CT molecular complexity index is 1960. The first-order valence-corrected chi connectivity index (χ1v) is 16.9. The second-order valence-electron chi connectivity index (χ2n) is 11.2. The van der Waals surface area contributed by atoms with Crippen LogP contribution in [-0.4, -0.2) is 41.1 Å². The molecule has 1 unspecified atom stereocenters. The number of ether oxygens (including phenoxy) is 1. The zero-order valence-corrected chi connectivity index (χ0v) is 28.3. The van der Waals surface area contributed by atoms with Crippen LogP contribution in [-0.2, 0) is 21.9 Å². The van der Waals surface area contributed by atoms with Gasteiger partial charge >= 0.3 is 5.91 Å². The molecule has 1 aliphatic rings. The number of hydrogen-bond donors (Lipinski definition) is 1. The zero-order chi connectivity index (χ0) is 33.1. The Kier molecular flexibility index (Phi) is 9.63. The molecule has 11 heteroatoms. The molecule has 0 bridgehead atoms. The summed E-state index contributed by atoms with van der Waals surface area (Å²) in [5, 5.41) is 21.1. The maximum absolute atomic E-state index is 13.7. The molecule has 1 fully saturated rings. The van der Waals surface area contributed by atoms with Crippen molar-refractivity contribution in [1.82, 2.24) is 10.2 Å². The summed E-state index contributed by atoms with van der Waals surface area (Å²) in [5.74, 6) is -0.701. The molecule has 8 nitrogen and oxygen atoms in total. The van der Waals surface area contributed by atoms with Crippen LogP contribution in [0.1, 0.15) is 33.9 Å². The standard InChI is InChI=1S/C36H31ClN4O4S2/c1-22-7-6-8-23(19-22)20-45-28-17-13-25(14-18-28)32(42)30-31(24-11-15-27(16-12-24)40(2)3)41(34(44)33(30)43)35-38-39-36(47-35)46-21-26-9-4-5-10-29(26)37/h4-19,31,42H,20-21H2,1-3H3. The summed E-state index contributed by atoms with van der Waals surface area (Å²) in [7, 11) is 3.86. The molecular formula is C36H31ClN4O4S2. The third kappa shape index (κ3) is 7.05. The number of aliphatic hydroxyl groups is 1. The second-order valence-corrected chi connectivity index (χ2v) is 13.8. The number of carbonyl (C=O) groups is 2. The molecule has 238 valence electrons. The molecule has 0 radical (unpaired) electrons. The molecule has 47 heavy (non-hydrogen) atoms. The SMILES string of the molecule is Cc1cccc(COc2ccc(C(O)=C3C(=O)C(=O)N(c4nnc(SCc5ccccc5Cl)s4)C3c3ccc(N(C)C)cc3)cc2)c1. The molecule has 1 amide bonds. The lowest BCUT2D eigenvalue weighted by Gasteiger charge is -2.23. The van der Waals surface area contributed by atoms with Gasteiger partial charge in [-0.15, -0.1) is 10.2 Å². The molecule has 0 spiro atoms. The Labute approximate surface area is 286 Å². The molecule has 1 aliphatic heterocycles. The average molecular weight is 683 g/mol. The topological polar surface area (TPSA) is 95.9 Å². The minimum Gasteiger partial charge on any atom is -0.507 e. The lowest BCUT2D eigenvalue weighted by molar-refractivity contribution is -0.132. The number of hydrogen-bond acceptors (Lipinski definition) is 9. The molecule has 0 saturated carbocycles. The number of aliphatic hydroxyl groups excluding tert-OH is 1. The van der Waals surface area contributed by atoms with Crippen LogP contribution in [0.2, 0.25) is 5.02 Å². The lowest BCUT2D eigenvalue weighted by Crippen LogP contribution is -2.29. The first-order valence-electron chi connectivity index (χ1n) is 14.8. The van der Waals surface area contributed by atoms with Gasteiger partial charge in [-0.3, -0.25) is 14.5 Å². The number of halogens is 1. The fraction of sp³-hybridized carbons (Fsp3) is 0.167. The first-order chi connectivity index (χ1) is 22.7. The van der Waals surface area contributed by atoms with E-state index in [0.717, 1.165) is 22.4 Å². The molecule has 5 aromatic rings. The predicted octanol–water partition coefficient (Wildman–Crippen LogP) is 8.06. The number of benzene rings is 4. The fourth-order valence-electron chi connectivity index (χ4n) is 5.25. The molecule has 1 N–H and O–H groups in total. The van der Waals surface area contributed by atoms with Crippen molar-refractivity contribution >= 4 is 63.0 Å². The highest BCUT2D eigenvalue weighted by Gasteiger charge is 2.48. The van der Waals surface area contributed by atoms with E-state index < -0.39 is 17.7 Å². The van der Waals surface area contributed by atoms with E-state index in [1.165, 1.54) is 28.0 Å². The summed E-state index contributed by atoms with van der Waals surface area (Å²) in [4.78, 5) is 30.6. The Morgan fingerprint density at radius 2 is 1.72 bits per heavy atom. The largest absolute Gasteiger partial charge is 0.507 e. The van der Waals surface area contributed by atoms with Gasteiger partial charge < -0.3 is 14.7 Å². The summed E-state index contributed by atoms with van der Waals surface area (Å²) in [5.41, 5.74) is 5.09. The predicted molar refractivity (Wildman–Crippen MR) is 188 cm³/mol. The average Bonchev–Trinajstić information content (AvgIpc) is 3.65. The minimum absolute atomic E-state index is 0.0264. The van der Waals surface area contributed by atoms with Gasteiger partial charge in [0, 0.05) is 36.1 Å². The van der Waals surface area contributed by atoms with Gasteiger partial charge in [-0.2, -0.15) is 0 Å². The number of thioether (sulfide) groups is 1. The number of ketones is 1. The van der Waals surface area contributed by atoms with Crippen molar-refractivity contribution in [2.45, 2.75) is 29.7 Å². The quantitative estimate of drug-likeness (QED) is 0.0520. The van der Waals surface area contributed by atoms with Crippen molar-refractivity contribution < 1.29 is 19.4 Å². The van der Waals surface area contributed by atoms with Crippen molar-refractivity contribution in [2.24, 2.45) is 0 Å². The Balaban J connectivity index is 1.31. The number of rotatable bonds is 10. The highest BCUT2D eigenvalue weighted by atomic mass is 35.5. The summed E-state index contributed by atoms with van der Waals surface area (Å²) in [6, 6.07) is 29.0. The molecule has 1 aromatic heterocycles. The van der Waals surface area contributed by atoms with Crippen LogP contribution >= 0.6 is 34.7 Å². The van der Waals surface area contributed by atoms with Gasteiger partial charge in [0.1, 0.15) is 18.1 Å². The molecule has 2 heterocycles. The highest BCUT2D eigenvalue weighted by molar-refractivity contribution is 8.00. The van der Waals surface area contributed by atoms with Crippen LogP contribution in [0.15, 0.2) is 107 Å². The maximum Gasteiger partial charge on any atom is 0.301 e. The number of nitrogens with zero attached hydrogens (tertiary/aromatic N) is 4. The van der Waals surface area contributed by atoms with E-state index in [-0.39, 0.29) is 16.5 Å². The Hall–Kier alpha value is -4.64. The van der Waals surface area contributed by atoms with Gasteiger partial charge in [0.15, 0.2) is 4.34 Å². The van der Waals surface area contributed by atoms with Gasteiger partial charge in [0.2, 0.25) is 5.13 Å². The van der Waals surface area contributed by atoms with Gasteiger partial charge in [-0.1, -0.05) is 94.9 Å². The number of aryl methyl sites for hydroxylation is 1. The molecule has 6 rings (SSSR count). The second kappa shape index (κ2) is 14.0. The van der Waals surface area contributed by atoms with Crippen LogP contribution in [0.4, 0.5) is 10.8 Å². The zero-order valence-electron chi connectivity index (χ0n) is 25.9. The van der Waals surface area contributed by atoms with E-state index >= 15 is 0 Å². The van der Waals surface area contributed by atoms with E-state index in [4.69, 9.17) is 16.3 Å². The van der Waals surface area contributed by atoms with Crippen LogP contribution in [0.5, 0.6) is 5.75 Å². The smallest absolute Gasteiger partial charge is 0.301 e. The number of amides is 1. The Morgan fingerprint density at radius 1 is 0.979 bits per heavy atom. The number of aromatic nitrogens is 2. The van der Waals surface area contributed by atoms with Crippen molar-refractivity contribution in [1.29, 1.82) is 0 Å². The van der Waals surface area contributed by atoms with E-state index in [9.17, 15) is 14.7 Å². The fourth-order valence-corrected chi connectivity index (χ4v) is 7.40. The van der Waals surface area contributed by atoms with Gasteiger partial charge in [0.05, 0.1) is 11.6 Å². The lowest BCUT2D eigenvalue weighted by atomic mass is 9.95. The molecular weight excluding hydrogens is 652 g/mol. The van der Waals surface area contributed by atoms with E-state index in [2.05, 4.69) is 16.3 Å². The number of Topliss-reactive ketones (excluding diaryl/α,β-unsaturated/α-hetero) is 1. The first kappa shape index (κ1) is 32.3. The summed E-state index contributed by atoms with van der Waals surface area (Å²) < 4.78 is 6.56. The highest BCUT2D eigenvalue weighted by Crippen LogP contribution is 2.44. The van der Waals surface area contributed by atoms with Gasteiger partial charge in [0.25, 0.3) is 5.78 Å². The van der Waals surface area contributed by atoms with Crippen LogP contribution in [0, 0.1) is 6.92 Å². The maximum atomic E-state index is 13.7. The molecule has 1 atom stereocenters. The summed E-state index contributed by atoms with van der Waals surface area (Å²) >= 11 is 8.97. The minimum atomic E-state index is -0.919. The Morgan fingerprint density at radius 3 is 2.43 bits per heavy atom. The number of anilines is 2. The summed E-state index contributed by atoms with van der Waals surface area (Å²) in [6.45, 7) is 2.42. The van der Waals surface area contributed by atoms with Crippen LogP contribution < -0.4 is 14.5 Å². The van der Waals surface area contributed by atoms with Crippen LogP contribution in [0.25, 0.3) is 5.76 Å². The van der Waals surface area contributed by atoms with Crippen molar-refractivity contribution in [3.8, 4) is 5.75 Å². The monoisotopic (exact) mass is 682 g/mol.